The largest absolute Gasteiger partial charge is 0.397 e. The van der Waals surface area contributed by atoms with Crippen molar-refractivity contribution in [3.63, 3.8) is 0 Å². The molecule has 0 aliphatic heterocycles. The van der Waals surface area contributed by atoms with E-state index < -0.39 is 0 Å². The quantitative estimate of drug-likeness (QED) is 0.679. The summed E-state index contributed by atoms with van der Waals surface area (Å²) in [5, 5.41) is 6.14. The van der Waals surface area contributed by atoms with Gasteiger partial charge in [-0.1, -0.05) is 13.8 Å². The molecule has 0 saturated carbocycles. The molecule has 100 valence electrons. The molecule has 0 spiro atoms. The molecule has 0 aliphatic carbocycles. The van der Waals surface area contributed by atoms with Gasteiger partial charge in [-0.2, -0.15) is 0 Å². The lowest BCUT2D eigenvalue weighted by molar-refractivity contribution is 0.0953. The van der Waals surface area contributed by atoms with E-state index in [0.717, 1.165) is 18.5 Å². The van der Waals surface area contributed by atoms with Gasteiger partial charge in [0.05, 0.1) is 11.4 Å². The Morgan fingerprint density at radius 2 is 2.11 bits per heavy atom. The highest BCUT2D eigenvalue weighted by molar-refractivity contribution is 5.96. The van der Waals surface area contributed by atoms with E-state index in [9.17, 15) is 4.79 Å². The van der Waals surface area contributed by atoms with Crippen LogP contribution in [0.4, 0.5) is 11.4 Å². The van der Waals surface area contributed by atoms with Crippen LogP contribution in [0.1, 0.15) is 44.0 Å². The van der Waals surface area contributed by atoms with Gasteiger partial charge in [0, 0.05) is 18.2 Å². The number of hydrogen-bond donors (Lipinski definition) is 3. The van der Waals surface area contributed by atoms with Gasteiger partial charge in [0.25, 0.3) is 5.91 Å². The fourth-order valence-corrected chi connectivity index (χ4v) is 1.54. The van der Waals surface area contributed by atoms with Crippen molar-refractivity contribution < 1.29 is 4.79 Å². The first kappa shape index (κ1) is 14.4. The monoisotopic (exact) mass is 249 g/mol. The molecule has 1 rings (SSSR count). The molecule has 1 aromatic rings. The molecule has 4 heteroatoms. The van der Waals surface area contributed by atoms with E-state index in [1.54, 1.807) is 12.1 Å². The first-order valence-electron chi connectivity index (χ1n) is 6.52. The number of anilines is 2. The first-order chi connectivity index (χ1) is 8.58. The number of nitrogen functional groups attached to an aromatic ring is 1. The molecule has 4 nitrogen and oxygen atoms in total. The van der Waals surface area contributed by atoms with Gasteiger partial charge in [-0.05, 0) is 38.0 Å². The van der Waals surface area contributed by atoms with Gasteiger partial charge in [0.15, 0.2) is 0 Å². The summed E-state index contributed by atoms with van der Waals surface area (Å²) in [6.45, 7) is 6.92. The summed E-state index contributed by atoms with van der Waals surface area (Å²) in [6, 6.07) is 5.75. The van der Waals surface area contributed by atoms with Gasteiger partial charge in [0.2, 0.25) is 0 Å². The lowest BCUT2D eigenvalue weighted by Gasteiger charge is -2.15. The molecule has 0 unspecified atom stereocenters. The Hall–Kier alpha value is -1.71. The van der Waals surface area contributed by atoms with Crippen molar-refractivity contribution in [2.45, 2.75) is 39.7 Å². The number of carbonyl (C=O) groups is 1. The number of rotatable bonds is 6. The van der Waals surface area contributed by atoms with Crippen molar-refractivity contribution in [3.05, 3.63) is 23.8 Å². The topological polar surface area (TPSA) is 67.2 Å². The molecule has 1 aromatic carbocycles. The predicted octanol–water partition coefficient (Wildman–Crippen LogP) is 2.62. The summed E-state index contributed by atoms with van der Waals surface area (Å²) >= 11 is 0. The highest BCUT2D eigenvalue weighted by atomic mass is 16.1. The van der Waals surface area contributed by atoms with Crippen molar-refractivity contribution in [3.8, 4) is 0 Å². The number of benzene rings is 1. The number of carbonyl (C=O) groups excluding carboxylic acids is 1. The van der Waals surface area contributed by atoms with Gasteiger partial charge < -0.3 is 16.4 Å². The van der Waals surface area contributed by atoms with Gasteiger partial charge in [0.1, 0.15) is 0 Å². The predicted molar refractivity (Wildman–Crippen MR) is 76.9 cm³/mol. The normalized spacial score (nSPS) is 11.9. The summed E-state index contributed by atoms with van der Waals surface area (Å²) < 4.78 is 0. The highest BCUT2D eigenvalue weighted by Gasteiger charge is 2.08. The molecule has 0 fully saturated rings. The zero-order chi connectivity index (χ0) is 13.5. The van der Waals surface area contributed by atoms with Crippen molar-refractivity contribution in [2.75, 3.05) is 17.6 Å². The fourth-order valence-electron chi connectivity index (χ4n) is 1.54. The maximum Gasteiger partial charge on any atom is 0.251 e. The number of nitrogens with two attached hydrogens (primary N) is 1. The van der Waals surface area contributed by atoms with E-state index >= 15 is 0 Å². The molecular formula is C14H23N3O. The minimum absolute atomic E-state index is 0.0707. The second-order valence-corrected chi connectivity index (χ2v) is 4.51. The van der Waals surface area contributed by atoms with Gasteiger partial charge >= 0.3 is 0 Å². The molecule has 0 saturated heterocycles. The summed E-state index contributed by atoms with van der Waals surface area (Å²) in [5.74, 6) is -0.0707. The number of nitrogens with one attached hydrogen (secondary N) is 2. The standard InChI is InChI=1S/C14H23N3O/c1-4-8-16-14(18)11-6-7-13(12(15)9-11)17-10(3)5-2/h6-7,9-10,17H,4-5,8,15H2,1-3H3,(H,16,18)/t10-/m0/s1. The minimum atomic E-state index is -0.0707. The number of amides is 1. The Morgan fingerprint density at radius 1 is 1.39 bits per heavy atom. The van der Waals surface area contributed by atoms with Gasteiger partial charge in [-0.3, -0.25) is 4.79 Å². The van der Waals surface area contributed by atoms with Gasteiger partial charge in [-0.15, -0.1) is 0 Å². The van der Waals surface area contributed by atoms with E-state index in [1.807, 2.05) is 13.0 Å². The SMILES string of the molecule is CCCNC(=O)c1ccc(N[C@@H](C)CC)c(N)c1. The van der Waals surface area contributed by atoms with Crippen molar-refractivity contribution >= 4 is 17.3 Å². The van der Waals surface area contributed by atoms with Crippen LogP contribution in [0.5, 0.6) is 0 Å². The van der Waals surface area contributed by atoms with E-state index in [0.29, 0.717) is 23.8 Å². The lowest BCUT2D eigenvalue weighted by Crippen LogP contribution is -2.24. The third kappa shape index (κ3) is 3.95. The van der Waals surface area contributed by atoms with Crippen LogP contribution in [-0.4, -0.2) is 18.5 Å². The molecule has 0 heterocycles. The third-order valence-corrected chi connectivity index (χ3v) is 2.86. The molecule has 0 radical (unpaired) electrons. The molecule has 4 N–H and O–H groups in total. The first-order valence-corrected chi connectivity index (χ1v) is 6.52. The molecule has 1 atom stereocenters. The average molecular weight is 249 g/mol. The summed E-state index contributed by atoms with van der Waals surface area (Å²) in [7, 11) is 0. The maximum absolute atomic E-state index is 11.8. The Kier molecular flexibility index (Phi) is 5.49. The van der Waals surface area contributed by atoms with E-state index in [-0.39, 0.29) is 5.91 Å². The summed E-state index contributed by atoms with van der Waals surface area (Å²) in [6.07, 6.45) is 1.95. The van der Waals surface area contributed by atoms with E-state index in [1.165, 1.54) is 0 Å². The molecule has 0 aromatic heterocycles. The Labute approximate surface area is 109 Å². The number of hydrogen-bond acceptors (Lipinski definition) is 3. The Bertz CT molecular complexity index is 404. The molecule has 18 heavy (non-hydrogen) atoms. The Morgan fingerprint density at radius 3 is 2.67 bits per heavy atom. The van der Waals surface area contributed by atoms with Crippen molar-refractivity contribution in [2.24, 2.45) is 0 Å². The highest BCUT2D eigenvalue weighted by Crippen LogP contribution is 2.21. The molecule has 0 bridgehead atoms. The fraction of sp³-hybridized carbons (Fsp3) is 0.500. The van der Waals surface area contributed by atoms with E-state index in [2.05, 4.69) is 24.5 Å². The van der Waals surface area contributed by atoms with Crippen molar-refractivity contribution in [1.29, 1.82) is 0 Å². The lowest BCUT2D eigenvalue weighted by atomic mass is 10.1. The van der Waals surface area contributed by atoms with Crippen LogP contribution in [0, 0.1) is 0 Å². The zero-order valence-electron chi connectivity index (χ0n) is 11.4. The van der Waals surface area contributed by atoms with Crippen LogP contribution >= 0.6 is 0 Å². The van der Waals surface area contributed by atoms with Crippen LogP contribution in [0.3, 0.4) is 0 Å². The van der Waals surface area contributed by atoms with Crippen LogP contribution in [0.2, 0.25) is 0 Å². The van der Waals surface area contributed by atoms with Gasteiger partial charge in [-0.25, -0.2) is 0 Å². The van der Waals surface area contributed by atoms with E-state index in [4.69, 9.17) is 5.73 Å². The average Bonchev–Trinajstić information content (AvgIpc) is 2.38. The second-order valence-electron chi connectivity index (χ2n) is 4.51. The maximum atomic E-state index is 11.8. The smallest absolute Gasteiger partial charge is 0.251 e. The molecule has 0 aliphatic rings. The second kappa shape index (κ2) is 6.89. The summed E-state index contributed by atoms with van der Waals surface area (Å²) in [5.41, 5.74) is 8.05. The van der Waals surface area contributed by atoms with Crippen LogP contribution in [0.15, 0.2) is 18.2 Å². The van der Waals surface area contributed by atoms with Crippen LogP contribution in [0.25, 0.3) is 0 Å². The Balaban J connectivity index is 2.75. The van der Waals surface area contributed by atoms with Crippen molar-refractivity contribution in [1.82, 2.24) is 5.32 Å². The minimum Gasteiger partial charge on any atom is -0.397 e. The third-order valence-electron chi connectivity index (χ3n) is 2.86. The van der Waals surface area contributed by atoms with Crippen LogP contribution in [-0.2, 0) is 0 Å². The van der Waals surface area contributed by atoms with Crippen LogP contribution < -0.4 is 16.4 Å². The zero-order valence-corrected chi connectivity index (χ0v) is 11.4. The molecule has 1 amide bonds. The molecular weight excluding hydrogens is 226 g/mol. The summed E-state index contributed by atoms with van der Waals surface area (Å²) in [4.78, 5) is 11.8.